The van der Waals surface area contributed by atoms with Crippen LogP contribution in [0.4, 0.5) is 0 Å². The molecule has 0 rings (SSSR count). The summed E-state index contributed by atoms with van der Waals surface area (Å²) in [6.07, 6.45) is 3.45. The summed E-state index contributed by atoms with van der Waals surface area (Å²) >= 11 is 1.65. The molecule has 7 heteroatoms. The fourth-order valence-electron chi connectivity index (χ4n) is 0.884. The minimum absolute atomic E-state index is 0.442. The molecule has 0 fully saturated rings. The summed E-state index contributed by atoms with van der Waals surface area (Å²) in [7, 11) is 1.60. The molecule has 0 aromatic rings. The minimum atomic E-state index is -0.981. The van der Waals surface area contributed by atoms with E-state index in [1.54, 1.807) is 18.9 Å². The molecule has 106 valence electrons. The highest BCUT2D eigenvalue weighted by Gasteiger charge is 2.14. The quantitative estimate of drug-likeness (QED) is 0.422. The van der Waals surface area contributed by atoms with Crippen molar-refractivity contribution >= 4 is 23.7 Å². The molecule has 0 aliphatic heterocycles. The van der Waals surface area contributed by atoms with Gasteiger partial charge >= 0.3 is 11.9 Å². The van der Waals surface area contributed by atoms with Crippen molar-refractivity contribution in [3.63, 3.8) is 0 Å². The highest BCUT2D eigenvalue weighted by atomic mass is 32.2. The lowest BCUT2D eigenvalue weighted by atomic mass is 10.2. The largest absolute Gasteiger partial charge is 0.480 e. The van der Waals surface area contributed by atoms with E-state index in [0.717, 1.165) is 11.8 Å². The van der Waals surface area contributed by atoms with Crippen molar-refractivity contribution < 1.29 is 24.5 Å². The molecular weight excluding hydrogens is 258 g/mol. The number of nitrogens with one attached hydrogen (secondary N) is 1. The third-order valence-corrected chi connectivity index (χ3v) is 2.42. The van der Waals surface area contributed by atoms with Crippen molar-refractivity contribution in [3.8, 4) is 0 Å². The molecule has 1 atom stereocenters. The van der Waals surface area contributed by atoms with Crippen LogP contribution in [-0.2, 0) is 14.3 Å². The van der Waals surface area contributed by atoms with E-state index in [0.29, 0.717) is 19.6 Å². The predicted octanol–water partition coefficient (Wildman–Crippen LogP) is 0.686. The first kappa shape index (κ1) is 19.3. The van der Waals surface area contributed by atoms with Gasteiger partial charge in [-0.05, 0) is 18.4 Å². The van der Waals surface area contributed by atoms with Crippen molar-refractivity contribution in [1.82, 2.24) is 5.32 Å². The van der Waals surface area contributed by atoms with Crippen LogP contribution in [0.2, 0.25) is 0 Å². The standard InChI is InChI=1S/C8H17NO3S.C3H4O2/c1-12-5-4-9-7(8(10)11)3-6-13-2;1-2-3(4)5/h7,9H,3-6H2,1-2H3,(H,10,11);2H,1H2,(H,4,5)/t7-;/m0./s1. The van der Waals surface area contributed by atoms with Gasteiger partial charge in [0.1, 0.15) is 6.04 Å². The molecule has 0 heterocycles. The van der Waals surface area contributed by atoms with Crippen LogP contribution < -0.4 is 5.32 Å². The average Bonchev–Trinajstić information content (AvgIpc) is 2.33. The van der Waals surface area contributed by atoms with Crippen LogP contribution in [0.15, 0.2) is 12.7 Å². The highest BCUT2D eigenvalue weighted by Crippen LogP contribution is 2.00. The van der Waals surface area contributed by atoms with E-state index >= 15 is 0 Å². The van der Waals surface area contributed by atoms with Gasteiger partial charge in [0.25, 0.3) is 0 Å². The molecule has 0 bridgehead atoms. The Morgan fingerprint density at radius 2 is 2.06 bits per heavy atom. The van der Waals surface area contributed by atoms with Crippen molar-refractivity contribution in [3.05, 3.63) is 12.7 Å². The van der Waals surface area contributed by atoms with Crippen LogP contribution >= 0.6 is 11.8 Å². The van der Waals surface area contributed by atoms with Gasteiger partial charge in [-0.1, -0.05) is 6.58 Å². The second kappa shape index (κ2) is 14.0. The first-order chi connectivity index (χ1) is 8.49. The number of carboxylic acids is 2. The molecule has 0 unspecified atom stereocenters. The highest BCUT2D eigenvalue weighted by molar-refractivity contribution is 7.98. The van der Waals surface area contributed by atoms with E-state index < -0.39 is 18.0 Å². The van der Waals surface area contributed by atoms with E-state index in [9.17, 15) is 9.59 Å². The summed E-state index contributed by atoms with van der Waals surface area (Å²) in [5.74, 6) is -0.910. The monoisotopic (exact) mass is 279 g/mol. The lowest BCUT2D eigenvalue weighted by Crippen LogP contribution is -2.38. The maximum Gasteiger partial charge on any atom is 0.327 e. The van der Waals surface area contributed by atoms with E-state index in [4.69, 9.17) is 14.9 Å². The lowest BCUT2D eigenvalue weighted by Gasteiger charge is -2.12. The van der Waals surface area contributed by atoms with Gasteiger partial charge < -0.3 is 20.3 Å². The molecule has 18 heavy (non-hydrogen) atoms. The Bertz CT molecular complexity index is 248. The van der Waals surface area contributed by atoms with Gasteiger partial charge in [-0.2, -0.15) is 11.8 Å². The lowest BCUT2D eigenvalue weighted by molar-refractivity contribution is -0.139. The smallest absolute Gasteiger partial charge is 0.327 e. The topological polar surface area (TPSA) is 95.9 Å². The summed E-state index contributed by atoms with van der Waals surface area (Å²) < 4.78 is 4.82. The van der Waals surface area contributed by atoms with Crippen LogP contribution in [0.5, 0.6) is 0 Å². The molecule has 0 radical (unpaired) electrons. The zero-order valence-corrected chi connectivity index (χ0v) is 11.5. The maximum atomic E-state index is 10.7. The zero-order valence-electron chi connectivity index (χ0n) is 10.7. The Hall–Kier alpha value is -1.05. The second-order valence-corrected chi connectivity index (χ2v) is 4.15. The van der Waals surface area contributed by atoms with Gasteiger partial charge in [0.2, 0.25) is 0 Å². The predicted molar refractivity (Wildman–Crippen MR) is 72.1 cm³/mol. The van der Waals surface area contributed by atoms with Crippen molar-refractivity contribution in [2.45, 2.75) is 12.5 Å². The van der Waals surface area contributed by atoms with Crippen molar-refractivity contribution in [2.24, 2.45) is 0 Å². The second-order valence-electron chi connectivity index (χ2n) is 3.16. The molecule has 0 aromatic carbocycles. The molecule has 0 spiro atoms. The van der Waals surface area contributed by atoms with Gasteiger partial charge in [0.05, 0.1) is 6.61 Å². The Labute approximate surface area is 111 Å². The van der Waals surface area contributed by atoms with Crippen LogP contribution in [0.25, 0.3) is 0 Å². The van der Waals surface area contributed by atoms with Crippen LogP contribution in [-0.4, -0.2) is 60.5 Å². The molecular formula is C11H21NO5S. The van der Waals surface area contributed by atoms with Gasteiger partial charge in [0.15, 0.2) is 0 Å². The summed E-state index contributed by atoms with van der Waals surface area (Å²) in [5.41, 5.74) is 0. The number of thioether (sulfide) groups is 1. The molecule has 0 aliphatic rings. The van der Waals surface area contributed by atoms with Gasteiger partial charge in [-0.15, -0.1) is 0 Å². The van der Waals surface area contributed by atoms with Crippen molar-refractivity contribution in [2.75, 3.05) is 32.3 Å². The third kappa shape index (κ3) is 14.9. The Morgan fingerprint density at radius 1 is 1.50 bits per heavy atom. The number of aliphatic carboxylic acids is 2. The van der Waals surface area contributed by atoms with E-state index in [-0.39, 0.29) is 0 Å². The summed E-state index contributed by atoms with van der Waals surface area (Å²) in [6, 6.07) is -0.442. The molecule has 0 amide bonds. The number of rotatable bonds is 9. The average molecular weight is 279 g/mol. The van der Waals surface area contributed by atoms with Gasteiger partial charge in [0, 0.05) is 19.7 Å². The minimum Gasteiger partial charge on any atom is -0.480 e. The van der Waals surface area contributed by atoms with Crippen LogP contribution in [0.3, 0.4) is 0 Å². The molecule has 0 saturated heterocycles. The molecule has 6 nitrogen and oxygen atoms in total. The third-order valence-electron chi connectivity index (χ3n) is 1.78. The fourth-order valence-corrected chi connectivity index (χ4v) is 1.36. The number of carbonyl (C=O) groups is 2. The van der Waals surface area contributed by atoms with E-state index in [2.05, 4.69) is 11.9 Å². The van der Waals surface area contributed by atoms with Gasteiger partial charge in [-0.3, -0.25) is 4.79 Å². The zero-order chi connectivity index (χ0) is 14.4. The van der Waals surface area contributed by atoms with Crippen LogP contribution in [0.1, 0.15) is 6.42 Å². The van der Waals surface area contributed by atoms with Crippen molar-refractivity contribution in [1.29, 1.82) is 0 Å². The number of hydrogen-bond acceptors (Lipinski definition) is 5. The van der Waals surface area contributed by atoms with E-state index in [1.807, 2.05) is 6.26 Å². The normalized spacial score (nSPS) is 11.0. The number of carboxylic acid groups (broad SMARTS) is 2. The van der Waals surface area contributed by atoms with Gasteiger partial charge in [-0.25, -0.2) is 4.79 Å². The number of ether oxygens (including phenoxy) is 1. The maximum absolute atomic E-state index is 10.7. The molecule has 0 aromatic heterocycles. The number of methoxy groups -OCH3 is 1. The summed E-state index contributed by atoms with van der Waals surface area (Å²) in [6.45, 7) is 4.09. The molecule has 3 N–H and O–H groups in total. The number of hydrogen-bond donors (Lipinski definition) is 3. The Morgan fingerprint density at radius 3 is 2.39 bits per heavy atom. The fraction of sp³-hybridized carbons (Fsp3) is 0.636. The Balaban J connectivity index is 0. The summed E-state index contributed by atoms with van der Waals surface area (Å²) in [5, 5.41) is 19.3. The SMILES string of the molecule is C=CC(=O)O.COCCN[C@@H](CCSC)C(=O)O. The first-order valence-corrected chi connectivity index (χ1v) is 6.68. The Kier molecular flexibility index (Phi) is 15.0. The molecule has 0 aliphatic carbocycles. The molecule has 0 saturated carbocycles. The van der Waals surface area contributed by atoms with Crippen LogP contribution in [0, 0.1) is 0 Å². The summed E-state index contributed by atoms with van der Waals surface area (Å²) in [4.78, 5) is 19.9. The van der Waals surface area contributed by atoms with E-state index in [1.165, 1.54) is 0 Å². The first-order valence-electron chi connectivity index (χ1n) is 5.29.